The van der Waals surface area contributed by atoms with Crippen LogP contribution in [0.4, 0.5) is 8.78 Å². The van der Waals surface area contributed by atoms with Gasteiger partial charge in [-0.05, 0) is 56.8 Å². The Morgan fingerprint density at radius 3 is 2.57 bits per heavy atom. The van der Waals surface area contributed by atoms with Crippen LogP contribution in [0.1, 0.15) is 31.2 Å². The molecule has 0 amide bonds. The lowest BCUT2D eigenvalue weighted by molar-refractivity contribution is 0.00442. The van der Waals surface area contributed by atoms with Gasteiger partial charge >= 0.3 is 0 Å². The Hall–Kier alpha value is -1.40. The summed E-state index contributed by atoms with van der Waals surface area (Å²) >= 11 is 5.59. The largest absolute Gasteiger partial charge is 0.409 e. The lowest BCUT2D eigenvalue weighted by Crippen LogP contribution is -2.65. The summed E-state index contributed by atoms with van der Waals surface area (Å²) in [4.78, 5) is 2.48. The molecule has 3 saturated heterocycles. The van der Waals surface area contributed by atoms with Crippen LogP contribution in [-0.4, -0.2) is 40.6 Å². The third-order valence-corrected chi connectivity index (χ3v) is 5.96. The summed E-state index contributed by atoms with van der Waals surface area (Å²) in [6.07, 6.45) is 4.35. The van der Waals surface area contributed by atoms with Crippen molar-refractivity contribution in [3.05, 3.63) is 34.4 Å². The van der Waals surface area contributed by atoms with Gasteiger partial charge in [-0.15, -0.1) is 0 Å². The highest BCUT2D eigenvalue weighted by atomic mass is 35.5. The molecule has 0 radical (unpaired) electrons. The van der Waals surface area contributed by atoms with Crippen LogP contribution in [-0.2, 0) is 0 Å². The second-order valence-electron chi connectivity index (χ2n) is 6.72. The molecule has 1 aromatic rings. The number of hydrogen-bond donors (Lipinski definition) is 2. The number of oxime groups is 1. The zero-order chi connectivity index (χ0) is 16.2. The van der Waals surface area contributed by atoms with Gasteiger partial charge in [-0.1, -0.05) is 16.8 Å². The fourth-order valence-corrected chi connectivity index (χ4v) is 4.48. The molecule has 1 saturated carbocycles. The summed E-state index contributed by atoms with van der Waals surface area (Å²) in [5, 5.41) is 15.5. The van der Waals surface area contributed by atoms with Crippen LogP contribution in [0.5, 0.6) is 0 Å². The van der Waals surface area contributed by atoms with Gasteiger partial charge < -0.3 is 10.5 Å². The Labute approximate surface area is 138 Å². The molecule has 1 atom stereocenters. The number of halogens is 3. The maximum atomic E-state index is 14.1. The minimum Gasteiger partial charge on any atom is -0.409 e. The van der Waals surface area contributed by atoms with Crippen LogP contribution >= 0.6 is 11.6 Å². The third-order valence-electron chi connectivity index (χ3n) is 5.66. The van der Waals surface area contributed by atoms with E-state index in [-0.39, 0.29) is 28.0 Å². The molecule has 3 heterocycles. The van der Waals surface area contributed by atoms with E-state index in [2.05, 4.69) is 15.4 Å². The normalized spacial score (nSPS) is 31.4. The van der Waals surface area contributed by atoms with Crippen molar-refractivity contribution in [2.24, 2.45) is 11.1 Å². The molecule has 1 aromatic carbocycles. The zero-order valence-electron chi connectivity index (χ0n) is 12.5. The molecule has 0 aromatic heterocycles. The summed E-state index contributed by atoms with van der Waals surface area (Å²) < 4.78 is 27.8. The molecule has 1 aliphatic carbocycles. The van der Waals surface area contributed by atoms with Crippen molar-refractivity contribution >= 4 is 17.4 Å². The van der Waals surface area contributed by atoms with E-state index in [1.165, 1.54) is 12.1 Å². The van der Waals surface area contributed by atoms with Crippen molar-refractivity contribution in [3.63, 3.8) is 0 Å². The van der Waals surface area contributed by atoms with Gasteiger partial charge in [0.1, 0.15) is 0 Å². The van der Waals surface area contributed by atoms with E-state index in [1.807, 2.05) is 0 Å². The lowest BCUT2D eigenvalue weighted by Gasteiger charge is -2.52. The van der Waals surface area contributed by atoms with Crippen molar-refractivity contribution in [2.45, 2.75) is 37.3 Å². The van der Waals surface area contributed by atoms with Crippen LogP contribution in [0, 0.1) is 17.6 Å². The standard InChI is InChI=1S/C16H18ClF2N3O/c17-11-2-1-10(12(18)13(11)19)15(21-23)20-14-9-3-7-22(8-4-9)16(14)5-6-16/h1-2,9,14,23H,3-8H2,(H,20,21)/t14-/m1/s1. The average molecular weight is 342 g/mol. The Kier molecular flexibility index (Phi) is 3.50. The van der Waals surface area contributed by atoms with E-state index in [0.717, 1.165) is 38.8 Å². The van der Waals surface area contributed by atoms with Gasteiger partial charge in [-0.2, -0.15) is 0 Å². The predicted molar refractivity (Wildman–Crippen MR) is 82.9 cm³/mol. The van der Waals surface area contributed by atoms with Crippen LogP contribution < -0.4 is 5.32 Å². The molecular weight excluding hydrogens is 324 g/mol. The second-order valence-corrected chi connectivity index (χ2v) is 7.13. The van der Waals surface area contributed by atoms with Crippen molar-refractivity contribution in [1.29, 1.82) is 0 Å². The quantitative estimate of drug-likeness (QED) is 0.286. The Balaban J connectivity index is 1.64. The topological polar surface area (TPSA) is 47.9 Å². The first kappa shape index (κ1) is 15.1. The maximum absolute atomic E-state index is 14.1. The van der Waals surface area contributed by atoms with E-state index in [1.54, 1.807) is 0 Å². The van der Waals surface area contributed by atoms with Gasteiger partial charge in [0.25, 0.3) is 0 Å². The smallest absolute Gasteiger partial charge is 0.178 e. The van der Waals surface area contributed by atoms with E-state index >= 15 is 0 Å². The Bertz CT molecular complexity index is 670. The van der Waals surface area contributed by atoms with Gasteiger partial charge in [-0.25, -0.2) is 8.78 Å². The summed E-state index contributed by atoms with van der Waals surface area (Å²) in [5.74, 6) is -1.77. The number of nitrogens with one attached hydrogen (secondary N) is 1. The number of rotatable bonds is 2. The van der Waals surface area contributed by atoms with Gasteiger partial charge in [0.05, 0.1) is 10.6 Å². The van der Waals surface area contributed by atoms with Gasteiger partial charge in [0.15, 0.2) is 17.5 Å². The maximum Gasteiger partial charge on any atom is 0.178 e. The van der Waals surface area contributed by atoms with Crippen molar-refractivity contribution in [2.75, 3.05) is 13.1 Å². The fourth-order valence-electron chi connectivity index (χ4n) is 4.34. The summed E-state index contributed by atoms with van der Waals surface area (Å²) in [6, 6.07) is 2.71. The average Bonchev–Trinajstić information content (AvgIpc) is 3.35. The fraction of sp³-hybridized carbons (Fsp3) is 0.562. The second kappa shape index (κ2) is 5.31. The molecule has 0 unspecified atom stereocenters. The van der Waals surface area contributed by atoms with E-state index in [0.29, 0.717) is 5.92 Å². The molecule has 4 aliphatic rings. The minimum absolute atomic E-state index is 0.0249. The molecule has 4 fully saturated rings. The van der Waals surface area contributed by atoms with Gasteiger partial charge in [0, 0.05) is 11.6 Å². The summed E-state index contributed by atoms with van der Waals surface area (Å²) in [7, 11) is 0. The Morgan fingerprint density at radius 1 is 1.26 bits per heavy atom. The number of piperidine rings is 3. The SMILES string of the molecule is O/N=C(/N[C@@H]1C2CCN(CC2)C12CC2)c1ccc(Cl)c(F)c1F. The van der Waals surface area contributed by atoms with Crippen LogP contribution in [0.3, 0.4) is 0 Å². The summed E-state index contributed by atoms with van der Waals surface area (Å²) in [5.41, 5.74) is 0.0000893. The Morgan fingerprint density at radius 2 is 1.96 bits per heavy atom. The molecule has 1 spiro atoms. The molecular formula is C16H18ClF2N3O. The van der Waals surface area contributed by atoms with E-state index in [4.69, 9.17) is 11.6 Å². The minimum atomic E-state index is -1.12. The van der Waals surface area contributed by atoms with E-state index < -0.39 is 11.6 Å². The number of hydrogen-bond acceptors (Lipinski definition) is 3. The highest BCUT2D eigenvalue weighted by molar-refractivity contribution is 6.30. The predicted octanol–water partition coefficient (Wildman–Crippen LogP) is 2.97. The monoisotopic (exact) mass is 341 g/mol. The van der Waals surface area contributed by atoms with Gasteiger partial charge in [-0.3, -0.25) is 4.90 Å². The molecule has 124 valence electrons. The van der Waals surface area contributed by atoms with Crippen LogP contribution in [0.2, 0.25) is 5.02 Å². The molecule has 2 N–H and O–H groups in total. The first-order valence-electron chi connectivity index (χ1n) is 7.94. The zero-order valence-corrected chi connectivity index (χ0v) is 13.3. The molecule has 3 aliphatic heterocycles. The summed E-state index contributed by atoms with van der Waals surface area (Å²) in [6.45, 7) is 2.19. The number of amidine groups is 1. The first-order valence-corrected chi connectivity index (χ1v) is 8.32. The van der Waals surface area contributed by atoms with Crippen molar-refractivity contribution < 1.29 is 14.0 Å². The van der Waals surface area contributed by atoms with Crippen molar-refractivity contribution in [1.82, 2.24) is 10.2 Å². The van der Waals surface area contributed by atoms with Crippen LogP contribution in [0.15, 0.2) is 17.3 Å². The molecule has 4 nitrogen and oxygen atoms in total. The van der Waals surface area contributed by atoms with Crippen molar-refractivity contribution in [3.8, 4) is 0 Å². The first-order chi connectivity index (χ1) is 11.1. The number of nitrogens with zero attached hydrogens (tertiary/aromatic N) is 2. The molecule has 5 rings (SSSR count). The van der Waals surface area contributed by atoms with Crippen LogP contribution in [0.25, 0.3) is 0 Å². The lowest BCUT2D eigenvalue weighted by atomic mass is 9.76. The van der Waals surface area contributed by atoms with E-state index in [9.17, 15) is 14.0 Å². The molecule has 2 bridgehead atoms. The number of fused-ring (bicyclic) bond motifs is 2. The highest BCUT2D eigenvalue weighted by Crippen LogP contribution is 2.53. The molecule has 7 heteroatoms. The molecule has 23 heavy (non-hydrogen) atoms. The number of benzene rings is 1. The van der Waals surface area contributed by atoms with Gasteiger partial charge in [0.2, 0.25) is 0 Å². The highest BCUT2D eigenvalue weighted by Gasteiger charge is 2.60. The third kappa shape index (κ3) is 2.22.